The first-order chi connectivity index (χ1) is 10.8. The van der Waals surface area contributed by atoms with Crippen molar-refractivity contribution < 1.29 is 24.2 Å². The number of para-hydroxylation sites is 1. The minimum absolute atomic E-state index is 0.0241. The third-order valence-corrected chi connectivity index (χ3v) is 3.59. The van der Waals surface area contributed by atoms with Gasteiger partial charge in [0.2, 0.25) is 0 Å². The molecule has 1 amide bonds. The van der Waals surface area contributed by atoms with Crippen LogP contribution in [0.2, 0.25) is 0 Å². The maximum absolute atomic E-state index is 11.8. The number of hydrogen-bond donors (Lipinski definition) is 2. The normalized spacial score (nSPS) is 18.3. The minimum atomic E-state index is -1.07. The fourth-order valence-electron chi connectivity index (χ4n) is 2.62. The van der Waals surface area contributed by atoms with Gasteiger partial charge in [0.25, 0.3) is 0 Å². The number of carbonyl (C=O) groups is 2. The van der Waals surface area contributed by atoms with Gasteiger partial charge >= 0.3 is 12.1 Å². The molecule has 1 aromatic carbocycles. The zero-order valence-corrected chi connectivity index (χ0v) is 13.7. The van der Waals surface area contributed by atoms with Crippen molar-refractivity contribution in [3.05, 3.63) is 29.8 Å². The lowest BCUT2D eigenvalue weighted by Gasteiger charge is -2.28. The van der Waals surface area contributed by atoms with Crippen LogP contribution in [0.15, 0.2) is 24.3 Å². The average Bonchev–Trinajstić information content (AvgIpc) is 2.44. The second-order valence-electron chi connectivity index (χ2n) is 6.64. The molecule has 2 unspecified atom stereocenters. The number of alkyl carbamates (subject to hydrolysis) is 1. The molecule has 0 aromatic heterocycles. The van der Waals surface area contributed by atoms with Crippen molar-refractivity contribution >= 4 is 12.1 Å². The molecule has 1 aliphatic rings. The lowest BCUT2D eigenvalue weighted by atomic mass is 9.87. The Bertz CT molecular complexity index is 579. The van der Waals surface area contributed by atoms with Gasteiger partial charge in [-0.05, 0) is 51.2 Å². The summed E-state index contributed by atoms with van der Waals surface area (Å²) in [7, 11) is 0. The third-order valence-electron chi connectivity index (χ3n) is 3.59. The third kappa shape index (κ3) is 4.87. The molecule has 2 rings (SSSR count). The molecule has 23 heavy (non-hydrogen) atoms. The number of nitrogens with one attached hydrogen (secondary N) is 1. The lowest BCUT2D eigenvalue weighted by molar-refractivity contribution is -0.139. The molecule has 2 N–H and O–H groups in total. The van der Waals surface area contributed by atoms with E-state index in [1.54, 1.807) is 20.8 Å². The molecule has 0 aliphatic carbocycles. The summed E-state index contributed by atoms with van der Waals surface area (Å²) < 4.78 is 10.7. The second-order valence-corrected chi connectivity index (χ2v) is 6.64. The Hall–Kier alpha value is -2.24. The van der Waals surface area contributed by atoms with Crippen LogP contribution in [0, 0.1) is 0 Å². The van der Waals surface area contributed by atoms with Crippen molar-refractivity contribution in [1.82, 2.24) is 5.32 Å². The maximum atomic E-state index is 11.8. The van der Waals surface area contributed by atoms with Crippen molar-refractivity contribution in [2.45, 2.75) is 51.2 Å². The number of hydrogen-bond acceptors (Lipinski definition) is 4. The first-order valence-corrected chi connectivity index (χ1v) is 7.70. The van der Waals surface area contributed by atoms with E-state index in [2.05, 4.69) is 5.32 Å². The Morgan fingerprint density at radius 2 is 2.09 bits per heavy atom. The van der Waals surface area contributed by atoms with Gasteiger partial charge in [-0.25, -0.2) is 9.59 Å². The molecule has 126 valence electrons. The molecule has 1 aromatic rings. The average molecular weight is 321 g/mol. The summed E-state index contributed by atoms with van der Waals surface area (Å²) in [5.74, 6) is -0.263. The number of carboxylic acid groups (broad SMARTS) is 1. The lowest BCUT2D eigenvalue weighted by Crippen LogP contribution is -2.44. The van der Waals surface area contributed by atoms with Crippen LogP contribution in [0.4, 0.5) is 4.79 Å². The van der Waals surface area contributed by atoms with Crippen LogP contribution in [-0.2, 0) is 9.53 Å². The summed E-state index contributed by atoms with van der Waals surface area (Å²) in [5.41, 5.74) is 0.314. The summed E-state index contributed by atoms with van der Waals surface area (Å²) in [6.45, 7) is 5.74. The number of carbonyl (C=O) groups excluding carboxylic acids is 1. The van der Waals surface area contributed by atoms with Crippen LogP contribution in [-0.4, -0.2) is 35.4 Å². The van der Waals surface area contributed by atoms with E-state index >= 15 is 0 Å². The predicted octanol–water partition coefficient (Wildman–Crippen LogP) is 2.92. The molecule has 1 heterocycles. The number of fused-ring (bicyclic) bond motifs is 1. The van der Waals surface area contributed by atoms with E-state index in [0.717, 1.165) is 17.7 Å². The highest BCUT2D eigenvalue weighted by Crippen LogP contribution is 2.36. The van der Waals surface area contributed by atoms with E-state index in [-0.39, 0.29) is 5.92 Å². The molecule has 0 spiro atoms. The molecule has 0 saturated heterocycles. The fraction of sp³-hybridized carbons (Fsp3) is 0.529. The topological polar surface area (TPSA) is 84.9 Å². The number of benzene rings is 1. The molecule has 1 aliphatic heterocycles. The van der Waals surface area contributed by atoms with Crippen LogP contribution in [0.3, 0.4) is 0 Å². The van der Waals surface area contributed by atoms with E-state index in [0.29, 0.717) is 13.0 Å². The van der Waals surface area contributed by atoms with Gasteiger partial charge in [0.05, 0.1) is 6.61 Å². The van der Waals surface area contributed by atoms with Gasteiger partial charge in [0.15, 0.2) is 0 Å². The number of rotatable bonds is 4. The van der Waals surface area contributed by atoms with Crippen molar-refractivity contribution in [1.29, 1.82) is 0 Å². The van der Waals surface area contributed by atoms with Crippen molar-refractivity contribution in [2.75, 3.05) is 6.61 Å². The van der Waals surface area contributed by atoms with Gasteiger partial charge in [0, 0.05) is 0 Å². The smallest absolute Gasteiger partial charge is 0.408 e. The van der Waals surface area contributed by atoms with Crippen LogP contribution in [0.1, 0.15) is 45.1 Å². The van der Waals surface area contributed by atoms with Gasteiger partial charge < -0.3 is 19.9 Å². The predicted molar refractivity (Wildman–Crippen MR) is 84.7 cm³/mol. The molecular formula is C17H23NO5. The summed E-state index contributed by atoms with van der Waals surface area (Å²) >= 11 is 0. The summed E-state index contributed by atoms with van der Waals surface area (Å²) in [4.78, 5) is 23.3. The van der Waals surface area contributed by atoms with Gasteiger partial charge in [0.1, 0.15) is 17.4 Å². The minimum Gasteiger partial charge on any atom is -0.493 e. The summed E-state index contributed by atoms with van der Waals surface area (Å²) in [5, 5.41) is 11.8. The van der Waals surface area contributed by atoms with Crippen LogP contribution >= 0.6 is 0 Å². The standard InChI is InChI=1S/C17H23NO5/c1-17(2,3)23-16(21)18-13(15(19)20)10-11-8-9-22-14-7-5-4-6-12(11)14/h4-7,11,13H,8-10H2,1-3H3,(H,18,21)(H,19,20). The Labute approximate surface area is 135 Å². The van der Waals surface area contributed by atoms with Crippen molar-refractivity contribution in [3.8, 4) is 5.75 Å². The van der Waals surface area contributed by atoms with Crippen LogP contribution in [0.25, 0.3) is 0 Å². The van der Waals surface area contributed by atoms with E-state index in [4.69, 9.17) is 9.47 Å². The van der Waals surface area contributed by atoms with E-state index in [9.17, 15) is 14.7 Å². The van der Waals surface area contributed by atoms with Gasteiger partial charge in [-0.15, -0.1) is 0 Å². The number of carboxylic acids is 1. The molecule has 0 saturated carbocycles. The molecule has 6 nitrogen and oxygen atoms in total. The Kier molecular flexibility index (Phi) is 5.13. The second kappa shape index (κ2) is 6.89. The fourth-order valence-corrected chi connectivity index (χ4v) is 2.62. The Morgan fingerprint density at radius 1 is 1.39 bits per heavy atom. The maximum Gasteiger partial charge on any atom is 0.408 e. The summed E-state index contributed by atoms with van der Waals surface area (Å²) in [6, 6.07) is 6.59. The molecule has 0 fully saturated rings. The van der Waals surface area contributed by atoms with Crippen LogP contribution in [0.5, 0.6) is 5.75 Å². The molecule has 2 atom stereocenters. The van der Waals surface area contributed by atoms with Gasteiger partial charge in [-0.2, -0.15) is 0 Å². The number of amides is 1. The quantitative estimate of drug-likeness (QED) is 0.890. The van der Waals surface area contributed by atoms with E-state index in [1.807, 2.05) is 24.3 Å². The molecule has 0 bridgehead atoms. The molecule has 6 heteroatoms. The first-order valence-electron chi connectivity index (χ1n) is 7.70. The zero-order chi connectivity index (χ0) is 17.0. The Morgan fingerprint density at radius 3 is 2.74 bits per heavy atom. The molecular weight excluding hydrogens is 298 g/mol. The Balaban J connectivity index is 2.06. The van der Waals surface area contributed by atoms with Crippen LogP contribution < -0.4 is 10.1 Å². The first kappa shape index (κ1) is 17.1. The van der Waals surface area contributed by atoms with Gasteiger partial charge in [-0.1, -0.05) is 18.2 Å². The monoisotopic (exact) mass is 321 g/mol. The highest BCUT2D eigenvalue weighted by atomic mass is 16.6. The van der Waals surface area contributed by atoms with Gasteiger partial charge in [-0.3, -0.25) is 0 Å². The van der Waals surface area contributed by atoms with E-state index < -0.39 is 23.7 Å². The number of ether oxygens (including phenoxy) is 2. The number of aliphatic carboxylic acids is 1. The highest BCUT2D eigenvalue weighted by molar-refractivity contribution is 5.80. The summed E-state index contributed by atoms with van der Waals surface area (Å²) in [6.07, 6.45) is 0.302. The SMILES string of the molecule is CC(C)(C)OC(=O)NC(CC1CCOc2ccccc21)C(=O)O. The molecule has 0 radical (unpaired) electrons. The zero-order valence-electron chi connectivity index (χ0n) is 13.7. The van der Waals surface area contributed by atoms with Crippen molar-refractivity contribution in [3.63, 3.8) is 0 Å². The highest BCUT2D eigenvalue weighted by Gasteiger charge is 2.30. The van der Waals surface area contributed by atoms with E-state index in [1.165, 1.54) is 0 Å². The van der Waals surface area contributed by atoms with Crippen molar-refractivity contribution in [2.24, 2.45) is 0 Å². The largest absolute Gasteiger partial charge is 0.493 e.